The number of hydrogen-bond acceptors (Lipinski definition) is 4. The predicted molar refractivity (Wildman–Crippen MR) is 97.6 cm³/mol. The first kappa shape index (κ1) is 20.7. The van der Waals surface area contributed by atoms with Crippen LogP contribution in [0.5, 0.6) is 0 Å². The topological polar surface area (TPSA) is 76.7 Å². The standard InChI is InChI=1S/C17H29N2O4P/c1-7-22-24(21,23-8-2)19-17(20)18-16-14(12(3)4)10-9-11-15(16)13(5)6/h9-13H,7-8H2,1-6H3,(H2,18,19,20,21). The van der Waals surface area contributed by atoms with Crippen LogP contribution in [0, 0.1) is 0 Å². The summed E-state index contributed by atoms with van der Waals surface area (Å²) >= 11 is 0. The molecule has 0 atom stereocenters. The van der Waals surface area contributed by atoms with Gasteiger partial charge in [0.15, 0.2) is 0 Å². The molecule has 136 valence electrons. The maximum absolute atomic E-state index is 12.4. The number of carbonyl (C=O) groups excluding carboxylic acids is 1. The molecule has 6 nitrogen and oxygen atoms in total. The van der Waals surface area contributed by atoms with Gasteiger partial charge >= 0.3 is 13.8 Å². The second-order valence-corrected chi connectivity index (χ2v) is 7.75. The summed E-state index contributed by atoms with van der Waals surface area (Å²) in [6, 6.07) is 5.35. The van der Waals surface area contributed by atoms with Crippen LogP contribution in [-0.4, -0.2) is 19.2 Å². The minimum absolute atomic E-state index is 0.178. The van der Waals surface area contributed by atoms with Gasteiger partial charge in [-0.15, -0.1) is 0 Å². The van der Waals surface area contributed by atoms with Crippen LogP contribution in [-0.2, 0) is 13.6 Å². The van der Waals surface area contributed by atoms with Crippen molar-refractivity contribution in [1.29, 1.82) is 0 Å². The van der Waals surface area contributed by atoms with E-state index >= 15 is 0 Å². The lowest BCUT2D eigenvalue weighted by molar-refractivity contribution is 0.209. The second kappa shape index (κ2) is 9.21. The summed E-state index contributed by atoms with van der Waals surface area (Å²) in [5.41, 5.74) is 2.80. The molecule has 0 bridgehead atoms. The smallest absolute Gasteiger partial charge is 0.307 e. The van der Waals surface area contributed by atoms with E-state index in [0.29, 0.717) is 0 Å². The lowest BCUT2D eigenvalue weighted by Crippen LogP contribution is -2.29. The maximum Gasteiger partial charge on any atom is 0.436 e. The van der Waals surface area contributed by atoms with Crippen molar-refractivity contribution < 1.29 is 18.4 Å². The molecule has 0 aliphatic rings. The quantitative estimate of drug-likeness (QED) is 0.625. The number of carbonyl (C=O) groups is 1. The van der Waals surface area contributed by atoms with Gasteiger partial charge in [-0.05, 0) is 36.8 Å². The first-order valence-corrected chi connectivity index (χ1v) is 9.89. The molecule has 1 aromatic rings. The second-order valence-electron chi connectivity index (χ2n) is 6.02. The molecule has 1 rings (SSSR count). The van der Waals surface area contributed by atoms with Crippen LogP contribution in [0.4, 0.5) is 10.5 Å². The van der Waals surface area contributed by atoms with Gasteiger partial charge in [0.05, 0.1) is 13.2 Å². The van der Waals surface area contributed by atoms with Crippen molar-refractivity contribution in [2.45, 2.75) is 53.4 Å². The first-order chi connectivity index (χ1) is 11.2. The summed E-state index contributed by atoms with van der Waals surface area (Å²) in [5.74, 6) is 0.481. The molecule has 2 N–H and O–H groups in total. The molecule has 24 heavy (non-hydrogen) atoms. The van der Waals surface area contributed by atoms with E-state index in [1.165, 1.54) is 0 Å². The van der Waals surface area contributed by atoms with Gasteiger partial charge in [-0.1, -0.05) is 45.9 Å². The SMILES string of the molecule is CCOP(=O)(NC(=O)Nc1c(C(C)C)cccc1C(C)C)OCC. The maximum atomic E-state index is 12.4. The van der Waals surface area contributed by atoms with Crippen LogP contribution in [0.15, 0.2) is 18.2 Å². The number of nitrogens with one attached hydrogen (secondary N) is 2. The molecule has 0 saturated carbocycles. The van der Waals surface area contributed by atoms with Crippen LogP contribution in [0.2, 0.25) is 0 Å². The van der Waals surface area contributed by atoms with E-state index in [4.69, 9.17) is 9.05 Å². The van der Waals surface area contributed by atoms with Crippen molar-refractivity contribution in [3.63, 3.8) is 0 Å². The van der Waals surface area contributed by atoms with Gasteiger partial charge < -0.3 is 5.32 Å². The van der Waals surface area contributed by atoms with E-state index in [-0.39, 0.29) is 25.0 Å². The van der Waals surface area contributed by atoms with Gasteiger partial charge in [-0.2, -0.15) is 0 Å². The summed E-state index contributed by atoms with van der Waals surface area (Å²) in [6.45, 7) is 12.0. The highest BCUT2D eigenvalue weighted by Gasteiger charge is 2.27. The number of amides is 2. The third-order valence-electron chi connectivity index (χ3n) is 3.45. The highest BCUT2D eigenvalue weighted by atomic mass is 31.2. The van der Waals surface area contributed by atoms with Crippen LogP contribution in [0.3, 0.4) is 0 Å². The van der Waals surface area contributed by atoms with Gasteiger partial charge in [-0.25, -0.2) is 14.4 Å². The van der Waals surface area contributed by atoms with Gasteiger partial charge in [0, 0.05) is 5.69 Å². The third kappa shape index (κ3) is 5.62. The molecule has 0 unspecified atom stereocenters. The average molecular weight is 356 g/mol. The van der Waals surface area contributed by atoms with Crippen LogP contribution in [0.25, 0.3) is 0 Å². The lowest BCUT2D eigenvalue weighted by atomic mass is 9.93. The van der Waals surface area contributed by atoms with E-state index in [1.807, 2.05) is 18.2 Å². The molecular weight excluding hydrogens is 327 g/mol. The molecule has 0 spiro atoms. The van der Waals surface area contributed by atoms with Gasteiger partial charge in [0.25, 0.3) is 0 Å². The zero-order valence-corrected chi connectivity index (χ0v) is 16.3. The van der Waals surface area contributed by atoms with E-state index in [1.54, 1.807) is 13.8 Å². The largest absolute Gasteiger partial charge is 0.436 e. The Labute approximate surface area is 144 Å². The Morgan fingerprint density at radius 1 is 1.04 bits per heavy atom. The zero-order chi connectivity index (χ0) is 18.3. The van der Waals surface area contributed by atoms with Crippen molar-refractivity contribution in [2.24, 2.45) is 0 Å². The summed E-state index contributed by atoms with van der Waals surface area (Å²) in [5, 5.41) is 5.17. The molecule has 0 radical (unpaired) electrons. The van der Waals surface area contributed by atoms with E-state index in [9.17, 15) is 9.36 Å². The van der Waals surface area contributed by atoms with Crippen molar-refractivity contribution in [3.8, 4) is 0 Å². The summed E-state index contributed by atoms with van der Waals surface area (Å²) in [7, 11) is -3.65. The zero-order valence-electron chi connectivity index (χ0n) is 15.4. The van der Waals surface area contributed by atoms with Crippen molar-refractivity contribution in [3.05, 3.63) is 29.3 Å². The Bertz CT molecular complexity index is 566. The minimum atomic E-state index is -3.65. The molecule has 0 aromatic heterocycles. The molecule has 1 aromatic carbocycles. The van der Waals surface area contributed by atoms with Crippen molar-refractivity contribution >= 4 is 19.5 Å². The molecule has 0 aliphatic heterocycles. The lowest BCUT2D eigenvalue weighted by Gasteiger charge is -2.22. The number of anilines is 1. The fourth-order valence-electron chi connectivity index (χ4n) is 2.40. The fraction of sp³-hybridized carbons (Fsp3) is 0.588. The third-order valence-corrected chi connectivity index (χ3v) is 5.12. The molecule has 0 heterocycles. The summed E-state index contributed by atoms with van der Waals surface area (Å²) < 4.78 is 22.6. The number of hydrogen-bond donors (Lipinski definition) is 2. The van der Waals surface area contributed by atoms with Crippen LogP contribution < -0.4 is 10.4 Å². The molecular formula is C17H29N2O4P. The molecule has 0 aliphatic carbocycles. The monoisotopic (exact) mass is 356 g/mol. The highest BCUT2D eigenvalue weighted by Crippen LogP contribution is 2.43. The Hall–Kier alpha value is -1.36. The minimum Gasteiger partial charge on any atom is -0.307 e. The molecule has 7 heteroatoms. The Balaban J connectivity index is 3.07. The normalized spacial score (nSPS) is 11.8. The molecule has 0 saturated heterocycles. The molecule has 2 amide bonds. The predicted octanol–water partition coefficient (Wildman–Crippen LogP) is 5.24. The van der Waals surface area contributed by atoms with Crippen LogP contribution in [0.1, 0.15) is 64.5 Å². The molecule has 0 fully saturated rings. The average Bonchev–Trinajstić information content (AvgIpc) is 2.46. The van der Waals surface area contributed by atoms with Gasteiger partial charge in [0.1, 0.15) is 0 Å². The number of benzene rings is 1. The number of para-hydroxylation sites is 1. The summed E-state index contributed by atoms with van der Waals surface area (Å²) in [4.78, 5) is 12.4. The van der Waals surface area contributed by atoms with E-state index < -0.39 is 13.8 Å². The van der Waals surface area contributed by atoms with E-state index in [2.05, 4.69) is 38.1 Å². The Morgan fingerprint density at radius 3 is 1.88 bits per heavy atom. The van der Waals surface area contributed by atoms with E-state index in [0.717, 1.165) is 16.8 Å². The van der Waals surface area contributed by atoms with Crippen molar-refractivity contribution in [1.82, 2.24) is 5.09 Å². The van der Waals surface area contributed by atoms with Gasteiger partial charge in [0.2, 0.25) is 0 Å². The fourth-order valence-corrected chi connectivity index (χ4v) is 3.59. The highest BCUT2D eigenvalue weighted by molar-refractivity contribution is 7.52. The van der Waals surface area contributed by atoms with Crippen molar-refractivity contribution in [2.75, 3.05) is 18.5 Å². The Kier molecular flexibility index (Phi) is 7.94. The summed E-state index contributed by atoms with van der Waals surface area (Å²) in [6.07, 6.45) is 0. The first-order valence-electron chi connectivity index (χ1n) is 8.35. The van der Waals surface area contributed by atoms with Crippen LogP contribution >= 0.6 is 7.75 Å². The Morgan fingerprint density at radius 2 is 1.50 bits per heavy atom. The number of urea groups is 1. The van der Waals surface area contributed by atoms with Gasteiger partial charge in [-0.3, -0.25) is 9.05 Å². The number of rotatable bonds is 8.